The SMILES string of the molecule is CC=C(CC(O)(C(=O)O)C(F)(F)F)c1cccc(F)c1OC. The first-order chi connectivity index (χ1) is 10.1. The van der Waals surface area contributed by atoms with Crippen LogP contribution < -0.4 is 4.74 Å². The summed E-state index contributed by atoms with van der Waals surface area (Å²) in [5, 5.41) is 18.3. The van der Waals surface area contributed by atoms with Crippen LogP contribution in [0.4, 0.5) is 17.6 Å². The number of hydrogen-bond acceptors (Lipinski definition) is 3. The number of allylic oxidation sites excluding steroid dienone is 1. The summed E-state index contributed by atoms with van der Waals surface area (Å²) in [5.74, 6) is -3.58. The Morgan fingerprint density at radius 2 is 1.95 bits per heavy atom. The fourth-order valence-corrected chi connectivity index (χ4v) is 1.89. The zero-order valence-corrected chi connectivity index (χ0v) is 11.7. The van der Waals surface area contributed by atoms with Gasteiger partial charge in [-0.3, -0.25) is 0 Å². The number of aliphatic carboxylic acids is 1. The Bertz CT molecular complexity index is 595. The van der Waals surface area contributed by atoms with Gasteiger partial charge in [0.15, 0.2) is 11.6 Å². The highest BCUT2D eigenvalue weighted by Crippen LogP contribution is 2.40. The molecule has 0 heterocycles. The summed E-state index contributed by atoms with van der Waals surface area (Å²) in [6, 6.07) is 3.56. The molecule has 22 heavy (non-hydrogen) atoms. The lowest BCUT2D eigenvalue weighted by molar-refractivity contribution is -0.258. The Morgan fingerprint density at radius 3 is 2.36 bits per heavy atom. The van der Waals surface area contributed by atoms with Crippen molar-refractivity contribution in [1.82, 2.24) is 0 Å². The first-order valence-corrected chi connectivity index (χ1v) is 6.09. The van der Waals surface area contributed by atoms with Crippen molar-refractivity contribution in [1.29, 1.82) is 0 Å². The predicted octanol–water partition coefficient (Wildman–Crippen LogP) is 3.01. The van der Waals surface area contributed by atoms with Gasteiger partial charge in [-0.05, 0) is 18.6 Å². The molecule has 122 valence electrons. The van der Waals surface area contributed by atoms with Crippen molar-refractivity contribution in [3.8, 4) is 5.75 Å². The van der Waals surface area contributed by atoms with Gasteiger partial charge in [-0.2, -0.15) is 13.2 Å². The number of benzene rings is 1. The predicted molar refractivity (Wildman–Crippen MR) is 69.9 cm³/mol. The van der Waals surface area contributed by atoms with Crippen molar-refractivity contribution in [2.45, 2.75) is 25.1 Å². The van der Waals surface area contributed by atoms with Crippen molar-refractivity contribution < 1.29 is 37.3 Å². The van der Waals surface area contributed by atoms with E-state index < -0.39 is 30.0 Å². The molecule has 0 radical (unpaired) electrons. The van der Waals surface area contributed by atoms with Crippen molar-refractivity contribution in [2.75, 3.05) is 7.11 Å². The fourth-order valence-electron chi connectivity index (χ4n) is 1.89. The maximum atomic E-state index is 13.6. The van der Waals surface area contributed by atoms with E-state index in [0.717, 1.165) is 19.3 Å². The van der Waals surface area contributed by atoms with E-state index >= 15 is 0 Å². The van der Waals surface area contributed by atoms with Crippen LogP contribution in [0.2, 0.25) is 0 Å². The lowest BCUT2D eigenvalue weighted by Crippen LogP contribution is -2.52. The number of carbonyl (C=O) groups is 1. The molecule has 1 rings (SSSR count). The molecule has 0 spiro atoms. The lowest BCUT2D eigenvalue weighted by Gasteiger charge is -2.27. The molecule has 1 aromatic carbocycles. The molecule has 2 N–H and O–H groups in total. The van der Waals surface area contributed by atoms with E-state index in [1.165, 1.54) is 19.1 Å². The van der Waals surface area contributed by atoms with Crippen LogP contribution in [0, 0.1) is 5.82 Å². The Kier molecular flexibility index (Phi) is 5.18. The van der Waals surface area contributed by atoms with Crippen LogP contribution in [0.5, 0.6) is 5.75 Å². The highest BCUT2D eigenvalue weighted by molar-refractivity contribution is 5.83. The molecule has 0 aliphatic rings. The minimum Gasteiger partial charge on any atom is -0.493 e. The van der Waals surface area contributed by atoms with Gasteiger partial charge >= 0.3 is 12.1 Å². The molecule has 1 unspecified atom stereocenters. The normalized spacial score (nSPS) is 15.3. The first-order valence-electron chi connectivity index (χ1n) is 6.09. The van der Waals surface area contributed by atoms with Crippen LogP contribution in [0.25, 0.3) is 5.57 Å². The van der Waals surface area contributed by atoms with E-state index in [9.17, 15) is 27.5 Å². The third-order valence-corrected chi connectivity index (χ3v) is 3.13. The summed E-state index contributed by atoms with van der Waals surface area (Å²) in [6.45, 7) is 1.35. The fraction of sp³-hybridized carbons (Fsp3) is 0.357. The van der Waals surface area contributed by atoms with Gasteiger partial charge in [-0.25, -0.2) is 9.18 Å². The topological polar surface area (TPSA) is 66.8 Å². The molecule has 0 saturated heterocycles. The quantitative estimate of drug-likeness (QED) is 0.818. The van der Waals surface area contributed by atoms with Gasteiger partial charge in [-0.15, -0.1) is 0 Å². The van der Waals surface area contributed by atoms with Crippen LogP contribution in [0.15, 0.2) is 24.3 Å². The average Bonchev–Trinajstić information content (AvgIpc) is 2.42. The zero-order valence-electron chi connectivity index (χ0n) is 11.7. The molecule has 0 aliphatic heterocycles. The van der Waals surface area contributed by atoms with Gasteiger partial charge in [0.1, 0.15) is 0 Å². The average molecular weight is 322 g/mol. The van der Waals surface area contributed by atoms with Gasteiger partial charge in [0.05, 0.1) is 7.11 Å². The van der Waals surface area contributed by atoms with E-state index in [-0.39, 0.29) is 16.9 Å². The molecule has 1 atom stereocenters. The van der Waals surface area contributed by atoms with E-state index in [1.807, 2.05) is 0 Å². The van der Waals surface area contributed by atoms with Gasteiger partial charge < -0.3 is 14.9 Å². The second kappa shape index (κ2) is 6.35. The third kappa shape index (κ3) is 3.22. The van der Waals surface area contributed by atoms with Crippen LogP contribution in [-0.4, -0.2) is 35.1 Å². The van der Waals surface area contributed by atoms with E-state index in [4.69, 9.17) is 9.84 Å². The number of aliphatic hydroxyl groups is 1. The molecule has 0 aromatic heterocycles. The number of carboxylic acids is 1. The maximum Gasteiger partial charge on any atom is 0.428 e. The van der Waals surface area contributed by atoms with Crippen molar-refractivity contribution in [2.24, 2.45) is 0 Å². The number of hydrogen-bond donors (Lipinski definition) is 2. The van der Waals surface area contributed by atoms with Gasteiger partial charge in [-0.1, -0.05) is 18.2 Å². The number of ether oxygens (including phenoxy) is 1. The number of carboxylic acid groups (broad SMARTS) is 1. The second-order valence-corrected chi connectivity index (χ2v) is 4.47. The van der Waals surface area contributed by atoms with Gasteiger partial charge in [0.2, 0.25) is 0 Å². The van der Waals surface area contributed by atoms with Gasteiger partial charge in [0, 0.05) is 12.0 Å². The molecule has 4 nitrogen and oxygen atoms in total. The molecular formula is C14H14F4O4. The maximum absolute atomic E-state index is 13.6. The lowest BCUT2D eigenvalue weighted by atomic mass is 9.89. The largest absolute Gasteiger partial charge is 0.493 e. The van der Waals surface area contributed by atoms with Crippen molar-refractivity contribution in [3.63, 3.8) is 0 Å². The zero-order chi connectivity index (χ0) is 17.1. The minimum atomic E-state index is -5.40. The van der Waals surface area contributed by atoms with Crippen molar-refractivity contribution >= 4 is 11.5 Å². The minimum absolute atomic E-state index is 0.0612. The summed E-state index contributed by atoms with van der Waals surface area (Å²) in [7, 11) is 1.13. The number of methoxy groups -OCH3 is 1. The third-order valence-electron chi connectivity index (χ3n) is 3.13. The summed E-state index contributed by atoms with van der Waals surface area (Å²) in [5.41, 5.74) is -4.25. The summed E-state index contributed by atoms with van der Waals surface area (Å²) in [4.78, 5) is 10.9. The molecule has 0 saturated carbocycles. The van der Waals surface area contributed by atoms with E-state index in [0.29, 0.717) is 0 Å². The Balaban J connectivity index is 3.36. The van der Waals surface area contributed by atoms with Crippen LogP contribution in [0.3, 0.4) is 0 Å². The number of alkyl halides is 3. The first kappa shape index (κ1) is 18.0. The van der Waals surface area contributed by atoms with Crippen LogP contribution in [0.1, 0.15) is 18.9 Å². The van der Waals surface area contributed by atoms with E-state index in [2.05, 4.69) is 0 Å². The second-order valence-electron chi connectivity index (χ2n) is 4.47. The summed E-state index contributed by atoms with van der Waals surface area (Å²) >= 11 is 0. The van der Waals surface area contributed by atoms with Gasteiger partial charge in [0.25, 0.3) is 5.60 Å². The van der Waals surface area contributed by atoms with Crippen molar-refractivity contribution in [3.05, 3.63) is 35.7 Å². The van der Waals surface area contributed by atoms with E-state index in [1.54, 1.807) is 0 Å². The molecule has 0 aliphatic carbocycles. The standard InChI is InChI=1S/C14H14F4O4/c1-3-8(7-13(21,12(19)20)14(16,17)18)9-5-4-6-10(15)11(9)22-2/h3-6,21H,7H2,1-2H3,(H,19,20). The molecule has 8 heteroatoms. The summed E-state index contributed by atoms with van der Waals surface area (Å²) in [6.07, 6.45) is -5.51. The molecular weight excluding hydrogens is 308 g/mol. The Labute approximate surface area is 123 Å². The molecule has 1 aromatic rings. The number of para-hydroxylation sites is 1. The molecule has 0 fully saturated rings. The molecule has 0 amide bonds. The Morgan fingerprint density at radius 1 is 1.36 bits per heavy atom. The highest BCUT2D eigenvalue weighted by atomic mass is 19.4. The van der Waals surface area contributed by atoms with Crippen LogP contribution >= 0.6 is 0 Å². The Hall–Kier alpha value is -2.09. The number of rotatable bonds is 5. The summed E-state index contributed by atoms with van der Waals surface area (Å²) < 4.78 is 57.0. The number of halogens is 4. The smallest absolute Gasteiger partial charge is 0.428 e. The monoisotopic (exact) mass is 322 g/mol. The van der Waals surface area contributed by atoms with Crippen LogP contribution in [-0.2, 0) is 4.79 Å². The molecule has 0 bridgehead atoms. The highest BCUT2D eigenvalue weighted by Gasteiger charge is 2.60.